The van der Waals surface area contributed by atoms with Crippen LogP contribution in [0.3, 0.4) is 0 Å². The molecule has 3 rings (SSSR count). The summed E-state index contributed by atoms with van der Waals surface area (Å²) in [6.07, 6.45) is 6.02. The van der Waals surface area contributed by atoms with Gasteiger partial charge in [0.05, 0.1) is 11.3 Å². The summed E-state index contributed by atoms with van der Waals surface area (Å²) in [5, 5.41) is 5.32. The topological polar surface area (TPSA) is 71.1 Å². The van der Waals surface area contributed by atoms with E-state index in [0.717, 1.165) is 42.3 Å². The number of fused-ring (bicyclic) bond motifs is 1. The van der Waals surface area contributed by atoms with Crippen LogP contribution >= 0.6 is 11.6 Å². The molecule has 1 aromatic carbocycles. The summed E-state index contributed by atoms with van der Waals surface area (Å²) < 4.78 is 26.6. The van der Waals surface area contributed by atoms with Gasteiger partial charge < -0.3 is 5.32 Å². The average molecular weight is 382 g/mol. The lowest BCUT2D eigenvalue weighted by Crippen LogP contribution is -2.41. The molecule has 2 N–H and O–H groups in total. The predicted molar refractivity (Wildman–Crippen MR) is 104 cm³/mol. The zero-order valence-corrected chi connectivity index (χ0v) is 15.9. The second-order valence-electron chi connectivity index (χ2n) is 6.65. The minimum absolute atomic E-state index is 0.0580. The van der Waals surface area contributed by atoms with Gasteiger partial charge in [0.15, 0.2) is 0 Å². The number of nitrogens with zero attached hydrogens (tertiary/aromatic N) is 1. The first-order valence-corrected chi connectivity index (χ1v) is 10.8. The number of sulfonamides is 1. The molecule has 1 aromatic heterocycles. The Kier molecular flexibility index (Phi) is 5.81. The van der Waals surface area contributed by atoms with E-state index < -0.39 is 10.0 Å². The van der Waals surface area contributed by atoms with Crippen LogP contribution in [-0.4, -0.2) is 31.2 Å². The van der Waals surface area contributed by atoms with Crippen LogP contribution in [0.25, 0.3) is 10.9 Å². The third-order valence-electron chi connectivity index (χ3n) is 4.61. The van der Waals surface area contributed by atoms with E-state index in [1.54, 1.807) is 6.20 Å². The molecule has 1 aliphatic carbocycles. The molecule has 0 amide bonds. The Hall–Kier alpha value is -1.37. The van der Waals surface area contributed by atoms with Gasteiger partial charge in [-0.25, -0.2) is 13.1 Å². The fourth-order valence-electron chi connectivity index (χ4n) is 3.40. The highest BCUT2D eigenvalue weighted by Gasteiger charge is 2.24. The molecule has 5 nitrogen and oxygen atoms in total. The van der Waals surface area contributed by atoms with Crippen molar-refractivity contribution in [3.05, 3.63) is 35.5 Å². The molecule has 2 aromatic rings. The van der Waals surface area contributed by atoms with Crippen LogP contribution in [0, 0.1) is 0 Å². The molecule has 0 bridgehead atoms. The number of aromatic nitrogens is 1. The van der Waals surface area contributed by atoms with Crippen LogP contribution in [0.1, 0.15) is 39.0 Å². The van der Waals surface area contributed by atoms with Gasteiger partial charge in [-0.05, 0) is 56.4 Å². The first-order chi connectivity index (χ1) is 12.0. The highest BCUT2D eigenvalue weighted by atomic mass is 35.5. The number of pyridine rings is 1. The smallest absolute Gasteiger partial charge is 0.211 e. The molecule has 7 heteroatoms. The van der Waals surface area contributed by atoms with Gasteiger partial charge in [0.2, 0.25) is 10.0 Å². The number of halogens is 1. The van der Waals surface area contributed by atoms with Crippen molar-refractivity contribution in [3.8, 4) is 0 Å². The monoisotopic (exact) mass is 381 g/mol. The maximum atomic E-state index is 11.9. The minimum atomic E-state index is -3.13. The number of benzene rings is 1. The van der Waals surface area contributed by atoms with Crippen LogP contribution in [0.5, 0.6) is 0 Å². The number of rotatable bonds is 6. The molecular weight excluding hydrogens is 358 g/mol. The first-order valence-electron chi connectivity index (χ1n) is 8.77. The van der Waals surface area contributed by atoms with Crippen LogP contribution in [-0.2, 0) is 10.0 Å². The Morgan fingerprint density at radius 2 is 1.88 bits per heavy atom. The van der Waals surface area contributed by atoms with Crippen LogP contribution in [0.4, 0.5) is 5.69 Å². The molecule has 0 unspecified atom stereocenters. The van der Waals surface area contributed by atoms with Crippen molar-refractivity contribution in [2.45, 2.75) is 51.1 Å². The van der Waals surface area contributed by atoms with Crippen molar-refractivity contribution in [2.75, 3.05) is 11.1 Å². The second kappa shape index (κ2) is 7.89. The Morgan fingerprint density at radius 1 is 1.16 bits per heavy atom. The molecule has 1 aliphatic rings. The summed E-state index contributed by atoms with van der Waals surface area (Å²) in [5.41, 5.74) is 1.93. The molecule has 1 saturated carbocycles. The maximum Gasteiger partial charge on any atom is 0.211 e. The zero-order valence-electron chi connectivity index (χ0n) is 14.3. The standard InChI is InChI=1S/C18H24ClN3O2S/c1-2-11-25(23,24)22-15-6-4-14(5-7-15)21-17-9-10-20-18-12-13(19)3-8-16(17)18/h3,8-10,12,14-15,22H,2,4-7,11H2,1H3,(H,20,21). The molecule has 136 valence electrons. The number of hydrogen-bond donors (Lipinski definition) is 2. The summed E-state index contributed by atoms with van der Waals surface area (Å²) in [6.45, 7) is 1.88. The van der Waals surface area contributed by atoms with Gasteiger partial charge in [0.25, 0.3) is 0 Å². The predicted octanol–water partition coefficient (Wildman–Crippen LogP) is 3.94. The van der Waals surface area contributed by atoms with Gasteiger partial charge in [0.1, 0.15) is 0 Å². The molecule has 0 atom stereocenters. The van der Waals surface area contributed by atoms with E-state index in [1.165, 1.54) is 0 Å². The summed E-state index contributed by atoms with van der Waals surface area (Å²) in [5.74, 6) is 0.205. The molecule has 1 heterocycles. The van der Waals surface area contributed by atoms with Crippen molar-refractivity contribution in [3.63, 3.8) is 0 Å². The zero-order chi connectivity index (χ0) is 17.9. The van der Waals surface area contributed by atoms with E-state index in [2.05, 4.69) is 15.0 Å². The Labute approximate surface area is 154 Å². The van der Waals surface area contributed by atoms with Crippen molar-refractivity contribution >= 4 is 38.2 Å². The lowest BCUT2D eigenvalue weighted by Gasteiger charge is -2.30. The van der Waals surface area contributed by atoms with Gasteiger partial charge in [-0.3, -0.25) is 4.98 Å². The molecule has 0 saturated heterocycles. The van der Waals surface area contributed by atoms with Crippen molar-refractivity contribution in [1.82, 2.24) is 9.71 Å². The van der Waals surface area contributed by atoms with E-state index in [4.69, 9.17) is 11.6 Å². The van der Waals surface area contributed by atoms with Gasteiger partial charge in [-0.2, -0.15) is 0 Å². The van der Waals surface area contributed by atoms with Gasteiger partial charge in [-0.1, -0.05) is 18.5 Å². The van der Waals surface area contributed by atoms with Gasteiger partial charge >= 0.3 is 0 Å². The minimum Gasteiger partial charge on any atom is -0.382 e. The summed E-state index contributed by atoms with van der Waals surface area (Å²) in [6, 6.07) is 8.09. The van der Waals surface area contributed by atoms with Gasteiger partial charge in [-0.15, -0.1) is 0 Å². The molecule has 0 spiro atoms. The third-order valence-corrected chi connectivity index (χ3v) is 6.48. The summed E-state index contributed by atoms with van der Waals surface area (Å²) in [4.78, 5) is 4.36. The maximum absolute atomic E-state index is 11.9. The SMILES string of the molecule is CCCS(=O)(=O)NC1CCC(Nc2ccnc3cc(Cl)ccc23)CC1. The number of nitrogens with one attached hydrogen (secondary N) is 2. The molecule has 1 fully saturated rings. The van der Waals surface area contributed by atoms with E-state index >= 15 is 0 Å². The molecule has 0 radical (unpaired) electrons. The van der Waals surface area contributed by atoms with Gasteiger partial charge in [0, 0.05) is 34.4 Å². The van der Waals surface area contributed by atoms with Crippen LogP contribution in [0.2, 0.25) is 5.02 Å². The normalized spacial score (nSPS) is 21.4. The lowest BCUT2D eigenvalue weighted by atomic mass is 9.91. The first kappa shape index (κ1) is 18.4. The van der Waals surface area contributed by atoms with E-state index in [9.17, 15) is 8.42 Å². The largest absolute Gasteiger partial charge is 0.382 e. The summed E-state index contributed by atoms with van der Waals surface area (Å²) in [7, 11) is -3.13. The quantitative estimate of drug-likeness (QED) is 0.794. The second-order valence-corrected chi connectivity index (χ2v) is 8.96. The van der Waals surface area contributed by atoms with Crippen LogP contribution < -0.4 is 10.0 Å². The fourth-order valence-corrected chi connectivity index (χ4v) is 4.97. The molecule has 0 aliphatic heterocycles. The highest BCUT2D eigenvalue weighted by Crippen LogP contribution is 2.28. The van der Waals surface area contributed by atoms with Crippen LogP contribution in [0.15, 0.2) is 30.5 Å². The van der Waals surface area contributed by atoms with E-state index in [-0.39, 0.29) is 11.8 Å². The highest BCUT2D eigenvalue weighted by molar-refractivity contribution is 7.89. The third kappa shape index (κ3) is 4.84. The molecule has 25 heavy (non-hydrogen) atoms. The number of hydrogen-bond acceptors (Lipinski definition) is 4. The summed E-state index contributed by atoms with van der Waals surface area (Å²) >= 11 is 6.04. The molecular formula is C18H24ClN3O2S. The van der Waals surface area contributed by atoms with Crippen molar-refractivity contribution in [1.29, 1.82) is 0 Å². The number of anilines is 1. The fraction of sp³-hybridized carbons (Fsp3) is 0.500. The van der Waals surface area contributed by atoms with E-state index in [1.807, 2.05) is 31.2 Å². The lowest BCUT2D eigenvalue weighted by molar-refractivity contribution is 0.387. The Bertz CT molecular complexity index is 833. The van der Waals surface area contributed by atoms with E-state index in [0.29, 0.717) is 17.5 Å². The Balaban J connectivity index is 1.61. The average Bonchev–Trinajstić information content (AvgIpc) is 2.56. The Morgan fingerprint density at radius 3 is 2.60 bits per heavy atom. The van der Waals surface area contributed by atoms with Crippen molar-refractivity contribution in [2.24, 2.45) is 0 Å². The van der Waals surface area contributed by atoms with Crippen molar-refractivity contribution < 1.29 is 8.42 Å².